The summed E-state index contributed by atoms with van der Waals surface area (Å²) in [4.78, 5) is 0. The van der Waals surface area contributed by atoms with Crippen molar-refractivity contribution in [1.82, 2.24) is 10.2 Å². The molecule has 0 radical (unpaired) electrons. The van der Waals surface area contributed by atoms with Gasteiger partial charge in [0, 0.05) is 6.08 Å². The Labute approximate surface area is 166 Å². The fourth-order valence-electron chi connectivity index (χ4n) is 2.17. The Morgan fingerprint density at radius 1 is 0.731 bits per heavy atom. The number of benzene rings is 2. The number of aryl methyl sites for hydroxylation is 1. The second-order valence-electron chi connectivity index (χ2n) is 5.69. The average molecular weight is 406 g/mol. The van der Waals surface area contributed by atoms with E-state index >= 15 is 0 Å². The van der Waals surface area contributed by atoms with Gasteiger partial charge >= 0.3 is 0 Å². The third kappa shape index (κ3) is 5.21. The van der Waals surface area contributed by atoms with E-state index in [1.165, 1.54) is 11.1 Å². The summed E-state index contributed by atoms with van der Waals surface area (Å²) in [5.74, 6) is 0.216. The molecule has 0 atom stereocenters. The van der Waals surface area contributed by atoms with Crippen molar-refractivity contribution >= 4 is 59.1 Å². The zero-order chi connectivity index (χ0) is 18.6. The summed E-state index contributed by atoms with van der Waals surface area (Å²) < 4.78 is 3.56. The van der Waals surface area contributed by atoms with Gasteiger partial charge in [0.2, 0.25) is 5.89 Å². The predicted molar refractivity (Wildman–Crippen MR) is 109 cm³/mol. The number of hydrogen-bond donors (Lipinski definition) is 0. The normalized spacial score (nSPS) is 12.3. The van der Waals surface area contributed by atoms with Gasteiger partial charge in [-0.15, -0.1) is 10.2 Å². The molecule has 6 heteroatoms. The maximum atomic E-state index is 5.69. The quantitative estimate of drug-likeness (QED) is 0.365. The van der Waals surface area contributed by atoms with Gasteiger partial charge in [-0.1, -0.05) is 101 Å². The van der Waals surface area contributed by atoms with E-state index in [-0.39, 0.29) is 11.8 Å². The molecule has 0 N–H and O–H groups in total. The minimum atomic E-state index is -1.72. The molecule has 0 saturated heterocycles. The number of halogens is 3. The summed E-state index contributed by atoms with van der Waals surface area (Å²) >= 11 is 17.1. The smallest absolute Gasteiger partial charge is 0.268 e. The fraction of sp³-hybridized carbons (Fsp3) is 0.100. The highest BCUT2D eigenvalue weighted by Crippen LogP contribution is 2.37. The molecule has 0 saturated carbocycles. The number of hydrogen-bond acceptors (Lipinski definition) is 3. The number of rotatable bonds is 4. The first-order chi connectivity index (χ1) is 12.4. The molecule has 0 aliphatic carbocycles. The summed E-state index contributed by atoms with van der Waals surface area (Å²) in [6, 6.07) is 16.4. The Balaban J connectivity index is 1.65. The highest BCUT2D eigenvalue weighted by Gasteiger charge is 2.29. The van der Waals surface area contributed by atoms with Gasteiger partial charge in [-0.3, -0.25) is 0 Å². The lowest BCUT2D eigenvalue weighted by Crippen LogP contribution is -1.99. The molecular weight excluding hydrogens is 391 g/mol. The molecule has 3 rings (SSSR count). The van der Waals surface area contributed by atoms with Crippen LogP contribution in [-0.4, -0.2) is 10.2 Å². The van der Waals surface area contributed by atoms with Gasteiger partial charge < -0.3 is 4.42 Å². The van der Waals surface area contributed by atoms with E-state index in [9.17, 15) is 0 Å². The summed E-state index contributed by atoms with van der Waals surface area (Å²) in [5, 5.41) is 7.52. The van der Waals surface area contributed by atoms with Crippen molar-refractivity contribution in [3.63, 3.8) is 0 Å². The highest BCUT2D eigenvalue weighted by molar-refractivity contribution is 6.66. The van der Waals surface area contributed by atoms with Crippen molar-refractivity contribution in [3.8, 4) is 0 Å². The molecule has 3 nitrogen and oxygen atoms in total. The minimum absolute atomic E-state index is 0.0567. The lowest BCUT2D eigenvalue weighted by molar-refractivity contribution is 0.493. The Kier molecular flexibility index (Phi) is 5.82. The molecule has 0 fully saturated rings. The second kappa shape index (κ2) is 8.09. The Hall–Kier alpha value is -2.07. The van der Waals surface area contributed by atoms with Crippen LogP contribution >= 0.6 is 34.8 Å². The molecule has 132 valence electrons. The van der Waals surface area contributed by atoms with Gasteiger partial charge in [0.05, 0.1) is 0 Å². The van der Waals surface area contributed by atoms with Crippen molar-refractivity contribution in [3.05, 3.63) is 82.6 Å². The largest absolute Gasteiger partial charge is 0.417 e. The Morgan fingerprint density at radius 2 is 1.19 bits per heavy atom. The summed E-state index contributed by atoms with van der Waals surface area (Å²) in [6.45, 7) is 2.08. The highest BCUT2D eigenvalue weighted by atomic mass is 35.6. The van der Waals surface area contributed by atoms with Crippen LogP contribution in [0.3, 0.4) is 0 Å². The van der Waals surface area contributed by atoms with E-state index in [1.54, 1.807) is 6.08 Å². The SMILES string of the molecule is Cc1ccc(C=Cc2ccc(C=Cc3nnc(C(Cl)(Cl)Cl)o3)cc2)cc1. The fourth-order valence-corrected chi connectivity index (χ4v) is 2.40. The van der Waals surface area contributed by atoms with Crippen molar-refractivity contribution < 1.29 is 4.42 Å². The second-order valence-corrected chi connectivity index (χ2v) is 7.97. The maximum Gasteiger partial charge on any atom is 0.268 e. The lowest BCUT2D eigenvalue weighted by atomic mass is 10.1. The number of alkyl halides is 3. The monoisotopic (exact) mass is 404 g/mol. The minimum Gasteiger partial charge on any atom is -0.417 e. The first kappa shape index (κ1) is 18.7. The van der Waals surface area contributed by atoms with Crippen LogP contribution < -0.4 is 0 Å². The van der Waals surface area contributed by atoms with Crippen LogP contribution in [0.15, 0.2) is 52.9 Å². The van der Waals surface area contributed by atoms with Crippen molar-refractivity contribution in [1.29, 1.82) is 0 Å². The van der Waals surface area contributed by atoms with Crippen LogP contribution in [0.5, 0.6) is 0 Å². The van der Waals surface area contributed by atoms with E-state index in [0.717, 1.165) is 11.1 Å². The van der Waals surface area contributed by atoms with Gasteiger partial charge in [-0.25, -0.2) is 0 Å². The molecule has 0 spiro atoms. The molecule has 0 amide bonds. The molecule has 0 bridgehead atoms. The zero-order valence-electron chi connectivity index (χ0n) is 13.9. The van der Waals surface area contributed by atoms with Gasteiger partial charge in [-0.05, 0) is 29.7 Å². The molecule has 2 aromatic carbocycles. The van der Waals surface area contributed by atoms with Crippen LogP contribution in [0.4, 0.5) is 0 Å². The van der Waals surface area contributed by atoms with Crippen LogP contribution in [-0.2, 0) is 3.79 Å². The topological polar surface area (TPSA) is 38.9 Å². The van der Waals surface area contributed by atoms with Crippen LogP contribution in [0.2, 0.25) is 0 Å². The van der Waals surface area contributed by atoms with Crippen molar-refractivity contribution in [2.75, 3.05) is 0 Å². The molecule has 1 aromatic heterocycles. The molecule has 0 aliphatic heterocycles. The van der Waals surface area contributed by atoms with E-state index < -0.39 is 3.79 Å². The zero-order valence-corrected chi connectivity index (χ0v) is 16.1. The lowest BCUT2D eigenvalue weighted by Gasteiger charge is -2.01. The van der Waals surface area contributed by atoms with Crippen molar-refractivity contribution in [2.45, 2.75) is 10.7 Å². The maximum absolute atomic E-state index is 5.69. The van der Waals surface area contributed by atoms with E-state index in [2.05, 4.69) is 53.5 Å². The van der Waals surface area contributed by atoms with Crippen LogP contribution in [0, 0.1) is 6.92 Å². The van der Waals surface area contributed by atoms with Gasteiger partial charge in [0.1, 0.15) is 0 Å². The van der Waals surface area contributed by atoms with E-state index in [1.807, 2.05) is 30.3 Å². The van der Waals surface area contributed by atoms with Gasteiger partial charge in [0.15, 0.2) is 0 Å². The van der Waals surface area contributed by atoms with Crippen LogP contribution in [0.25, 0.3) is 24.3 Å². The molecule has 0 aliphatic rings. The number of nitrogens with zero attached hydrogens (tertiary/aromatic N) is 2. The van der Waals surface area contributed by atoms with E-state index in [4.69, 9.17) is 39.2 Å². The summed E-state index contributed by atoms with van der Waals surface area (Å²) in [6.07, 6.45) is 7.68. The molecule has 3 aromatic rings. The molecule has 0 unspecified atom stereocenters. The first-order valence-corrected chi connectivity index (χ1v) is 8.97. The molecular formula is C20H15Cl3N2O. The van der Waals surface area contributed by atoms with Crippen LogP contribution in [0.1, 0.15) is 34.0 Å². The predicted octanol–water partition coefficient (Wildman–Crippen LogP) is 6.55. The van der Waals surface area contributed by atoms with Gasteiger partial charge in [0.25, 0.3) is 9.68 Å². The first-order valence-electron chi connectivity index (χ1n) is 7.84. The average Bonchev–Trinajstić information content (AvgIpc) is 3.10. The Bertz CT molecular complexity index is 921. The molecule has 1 heterocycles. The van der Waals surface area contributed by atoms with E-state index in [0.29, 0.717) is 0 Å². The van der Waals surface area contributed by atoms with Gasteiger partial charge in [-0.2, -0.15) is 0 Å². The molecule has 26 heavy (non-hydrogen) atoms. The van der Waals surface area contributed by atoms with Crippen molar-refractivity contribution in [2.24, 2.45) is 0 Å². The third-order valence-electron chi connectivity index (χ3n) is 3.58. The Morgan fingerprint density at radius 3 is 1.65 bits per heavy atom. The summed E-state index contributed by atoms with van der Waals surface area (Å²) in [7, 11) is 0. The standard InChI is InChI=1S/C20H15Cl3N2O/c1-14-2-4-15(5-3-14)6-7-16-8-10-17(11-9-16)12-13-18-24-25-19(26-18)20(21,22)23/h2-13H,1H3. The third-order valence-corrected chi connectivity index (χ3v) is 4.07. The summed E-state index contributed by atoms with van der Waals surface area (Å²) in [5.41, 5.74) is 4.52. The number of aromatic nitrogens is 2.